The molecule has 1 aromatic carbocycles. The number of anilines is 1. The highest BCUT2D eigenvalue weighted by atomic mass is 16.5. The summed E-state index contributed by atoms with van der Waals surface area (Å²) in [6.45, 7) is 0. The summed E-state index contributed by atoms with van der Waals surface area (Å²) in [7, 11) is 0. The standard InChI is InChI=1S/C18H18N6O2/c25-18(13-8-9-17(19-11-13)26-16-6-1-2-7-16)21-14-4-3-5-15(10-14)24-12-20-22-23-24/h3-5,8-12,16H,1-2,6-7H2,(H,21,25). The van der Waals surface area contributed by atoms with E-state index >= 15 is 0 Å². The molecule has 1 aliphatic carbocycles. The van der Waals surface area contributed by atoms with E-state index < -0.39 is 0 Å². The van der Waals surface area contributed by atoms with Crippen LogP contribution in [0.5, 0.6) is 5.88 Å². The molecule has 0 atom stereocenters. The van der Waals surface area contributed by atoms with Gasteiger partial charge in [-0.1, -0.05) is 6.07 Å². The van der Waals surface area contributed by atoms with Crippen LogP contribution in [0, 0.1) is 0 Å². The van der Waals surface area contributed by atoms with Crippen molar-refractivity contribution in [2.45, 2.75) is 31.8 Å². The van der Waals surface area contributed by atoms with Gasteiger partial charge in [0.2, 0.25) is 5.88 Å². The molecular weight excluding hydrogens is 332 g/mol. The van der Waals surface area contributed by atoms with E-state index in [1.54, 1.807) is 24.3 Å². The van der Waals surface area contributed by atoms with E-state index in [0.717, 1.165) is 18.5 Å². The first-order valence-electron chi connectivity index (χ1n) is 8.55. The van der Waals surface area contributed by atoms with Gasteiger partial charge in [-0.3, -0.25) is 4.79 Å². The van der Waals surface area contributed by atoms with Gasteiger partial charge in [-0.15, -0.1) is 5.10 Å². The molecule has 1 fully saturated rings. The molecule has 1 amide bonds. The van der Waals surface area contributed by atoms with Crippen LogP contribution in [-0.2, 0) is 0 Å². The Morgan fingerprint density at radius 2 is 2.08 bits per heavy atom. The van der Waals surface area contributed by atoms with Crippen LogP contribution in [0.2, 0.25) is 0 Å². The van der Waals surface area contributed by atoms with Crippen molar-refractivity contribution in [1.82, 2.24) is 25.2 Å². The third-order valence-corrected chi connectivity index (χ3v) is 4.31. The number of carbonyl (C=O) groups is 1. The number of aromatic nitrogens is 5. The number of pyridine rings is 1. The number of nitrogens with one attached hydrogen (secondary N) is 1. The lowest BCUT2D eigenvalue weighted by Crippen LogP contribution is -2.14. The quantitative estimate of drug-likeness (QED) is 0.760. The Labute approximate surface area is 150 Å². The molecule has 0 radical (unpaired) electrons. The van der Waals surface area contributed by atoms with E-state index in [-0.39, 0.29) is 12.0 Å². The molecule has 2 heterocycles. The van der Waals surface area contributed by atoms with Crippen molar-refractivity contribution in [3.63, 3.8) is 0 Å². The molecule has 2 aromatic heterocycles. The SMILES string of the molecule is O=C(Nc1cccc(-n2cnnn2)c1)c1ccc(OC2CCCC2)nc1. The average molecular weight is 350 g/mol. The summed E-state index contributed by atoms with van der Waals surface area (Å²) >= 11 is 0. The molecule has 1 N–H and O–H groups in total. The lowest BCUT2D eigenvalue weighted by atomic mass is 10.2. The molecule has 132 valence electrons. The lowest BCUT2D eigenvalue weighted by Gasteiger charge is -2.12. The first-order valence-corrected chi connectivity index (χ1v) is 8.55. The first-order chi connectivity index (χ1) is 12.8. The Morgan fingerprint density at radius 3 is 2.81 bits per heavy atom. The summed E-state index contributed by atoms with van der Waals surface area (Å²) in [5.41, 5.74) is 1.87. The second-order valence-corrected chi connectivity index (χ2v) is 6.17. The van der Waals surface area contributed by atoms with Gasteiger partial charge in [0.05, 0.1) is 11.3 Å². The number of amides is 1. The third-order valence-electron chi connectivity index (χ3n) is 4.31. The molecule has 0 saturated heterocycles. The topological polar surface area (TPSA) is 94.8 Å². The summed E-state index contributed by atoms with van der Waals surface area (Å²) in [5, 5.41) is 13.9. The summed E-state index contributed by atoms with van der Waals surface area (Å²) < 4.78 is 7.34. The highest BCUT2D eigenvalue weighted by Gasteiger charge is 2.17. The number of rotatable bonds is 5. The second kappa shape index (κ2) is 7.30. The number of benzene rings is 1. The normalized spacial score (nSPS) is 14.3. The van der Waals surface area contributed by atoms with Gasteiger partial charge >= 0.3 is 0 Å². The maximum absolute atomic E-state index is 12.4. The minimum atomic E-state index is -0.237. The minimum absolute atomic E-state index is 0.237. The van der Waals surface area contributed by atoms with Crippen LogP contribution in [0.25, 0.3) is 5.69 Å². The van der Waals surface area contributed by atoms with Crippen molar-refractivity contribution in [2.24, 2.45) is 0 Å². The van der Waals surface area contributed by atoms with Crippen molar-refractivity contribution in [3.8, 4) is 11.6 Å². The van der Waals surface area contributed by atoms with Crippen molar-refractivity contribution < 1.29 is 9.53 Å². The number of nitrogens with zero attached hydrogens (tertiary/aromatic N) is 5. The number of tetrazole rings is 1. The van der Waals surface area contributed by atoms with E-state index in [0.29, 0.717) is 17.1 Å². The zero-order valence-corrected chi connectivity index (χ0v) is 14.1. The van der Waals surface area contributed by atoms with Gasteiger partial charge in [-0.25, -0.2) is 9.67 Å². The predicted octanol–water partition coefficient (Wildman–Crippen LogP) is 2.63. The fraction of sp³-hybridized carbons (Fsp3) is 0.278. The van der Waals surface area contributed by atoms with E-state index in [4.69, 9.17) is 4.74 Å². The summed E-state index contributed by atoms with van der Waals surface area (Å²) in [6.07, 6.45) is 7.82. The minimum Gasteiger partial charge on any atom is -0.474 e. The van der Waals surface area contributed by atoms with Crippen LogP contribution < -0.4 is 10.1 Å². The van der Waals surface area contributed by atoms with E-state index in [9.17, 15) is 4.79 Å². The summed E-state index contributed by atoms with van der Waals surface area (Å²) in [4.78, 5) is 16.7. The molecule has 8 heteroatoms. The second-order valence-electron chi connectivity index (χ2n) is 6.17. The van der Waals surface area contributed by atoms with Gasteiger partial charge in [0.25, 0.3) is 5.91 Å². The van der Waals surface area contributed by atoms with Crippen molar-refractivity contribution in [3.05, 3.63) is 54.5 Å². The van der Waals surface area contributed by atoms with E-state index in [2.05, 4.69) is 25.8 Å². The van der Waals surface area contributed by atoms with Crippen LogP contribution in [-0.4, -0.2) is 37.2 Å². The smallest absolute Gasteiger partial charge is 0.257 e. The molecule has 0 aliphatic heterocycles. The molecule has 8 nitrogen and oxygen atoms in total. The molecule has 3 aromatic rings. The van der Waals surface area contributed by atoms with Crippen molar-refractivity contribution >= 4 is 11.6 Å². The Balaban J connectivity index is 1.42. The largest absolute Gasteiger partial charge is 0.474 e. The van der Waals surface area contributed by atoms with E-state index in [1.165, 1.54) is 30.0 Å². The van der Waals surface area contributed by atoms with Gasteiger partial charge in [0.1, 0.15) is 12.4 Å². The molecular formula is C18H18N6O2. The lowest BCUT2D eigenvalue weighted by molar-refractivity contribution is 0.102. The maximum Gasteiger partial charge on any atom is 0.257 e. The molecule has 0 unspecified atom stereocenters. The van der Waals surface area contributed by atoms with Crippen LogP contribution in [0.3, 0.4) is 0 Å². The molecule has 1 saturated carbocycles. The molecule has 0 bridgehead atoms. The number of carbonyl (C=O) groups excluding carboxylic acids is 1. The number of hydrogen-bond donors (Lipinski definition) is 1. The Hall–Kier alpha value is -3.29. The first kappa shape index (κ1) is 16.2. The predicted molar refractivity (Wildman–Crippen MR) is 94.2 cm³/mol. The maximum atomic E-state index is 12.4. The Bertz CT molecular complexity index is 873. The number of ether oxygens (including phenoxy) is 1. The highest BCUT2D eigenvalue weighted by Crippen LogP contribution is 2.23. The monoisotopic (exact) mass is 350 g/mol. The van der Waals surface area contributed by atoms with Gasteiger partial charge in [-0.2, -0.15) is 0 Å². The average Bonchev–Trinajstić information content (AvgIpc) is 3.37. The van der Waals surface area contributed by atoms with Crippen molar-refractivity contribution in [1.29, 1.82) is 0 Å². The Morgan fingerprint density at radius 1 is 1.19 bits per heavy atom. The van der Waals surface area contributed by atoms with Gasteiger partial charge in [0, 0.05) is 18.0 Å². The van der Waals surface area contributed by atoms with Crippen LogP contribution >= 0.6 is 0 Å². The van der Waals surface area contributed by atoms with Gasteiger partial charge < -0.3 is 10.1 Å². The Kier molecular flexibility index (Phi) is 4.55. The van der Waals surface area contributed by atoms with Crippen LogP contribution in [0.15, 0.2) is 48.9 Å². The highest BCUT2D eigenvalue weighted by molar-refractivity contribution is 6.04. The van der Waals surface area contributed by atoms with E-state index in [1.807, 2.05) is 12.1 Å². The van der Waals surface area contributed by atoms with Crippen molar-refractivity contribution in [2.75, 3.05) is 5.32 Å². The zero-order chi connectivity index (χ0) is 17.8. The van der Waals surface area contributed by atoms with Gasteiger partial charge in [-0.05, 0) is 60.4 Å². The fourth-order valence-electron chi connectivity index (χ4n) is 2.97. The summed E-state index contributed by atoms with van der Waals surface area (Å²) in [6, 6.07) is 10.7. The molecule has 0 spiro atoms. The summed E-state index contributed by atoms with van der Waals surface area (Å²) in [5.74, 6) is 0.327. The van der Waals surface area contributed by atoms with Crippen LogP contribution in [0.1, 0.15) is 36.0 Å². The zero-order valence-electron chi connectivity index (χ0n) is 14.1. The fourth-order valence-corrected chi connectivity index (χ4v) is 2.97. The molecule has 26 heavy (non-hydrogen) atoms. The third kappa shape index (κ3) is 3.69. The van der Waals surface area contributed by atoms with Gasteiger partial charge in [0.15, 0.2) is 0 Å². The van der Waals surface area contributed by atoms with Crippen LogP contribution in [0.4, 0.5) is 5.69 Å². The number of hydrogen-bond acceptors (Lipinski definition) is 6. The molecule has 4 rings (SSSR count). The molecule has 1 aliphatic rings.